The van der Waals surface area contributed by atoms with E-state index in [1.54, 1.807) is 0 Å². The van der Waals surface area contributed by atoms with E-state index in [2.05, 4.69) is 56.6 Å². The second-order valence-corrected chi connectivity index (χ2v) is 4.52. The smallest absolute Gasteiger partial charge is 0.0296 e. The van der Waals surface area contributed by atoms with Gasteiger partial charge in [0.05, 0.1) is 0 Å². The maximum absolute atomic E-state index is 3.26. The summed E-state index contributed by atoms with van der Waals surface area (Å²) in [6.07, 6.45) is 11.3. The second-order valence-electron chi connectivity index (χ2n) is 4.52. The Morgan fingerprint density at radius 3 is 2.67 bits per heavy atom. The average Bonchev–Trinajstić information content (AvgIpc) is 2.37. The molecule has 0 spiro atoms. The highest BCUT2D eigenvalue weighted by Gasteiger charge is 1.89. The Kier molecular flexibility index (Phi) is 11.1. The predicted octanol–water partition coefficient (Wildman–Crippen LogP) is 5.12. The van der Waals surface area contributed by atoms with Crippen molar-refractivity contribution in [3.8, 4) is 23.7 Å². The summed E-state index contributed by atoms with van der Waals surface area (Å²) in [6, 6.07) is 0. The lowest BCUT2D eigenvalue weighted by atomic mass is 10.1. The lowest BCUT2D eigenvalue weighted by molar-refractivity contribution is 0.722. The van der Waals surface area contributed by atoms with E-state index in [0.717, 1.165) is 32.1 Å². The molecule has 0 rings (SSSR count). The van der Waals surface area contributed by atoms with Crippen molar-refractivity contribution >= 4 is 0 Å². The molecule has 0 heterocycles. The SMILES string of the molecule is CC=CCC#CCC(C)=CCCC#CC(C)CC. The quantitative estimate of drug-likeness (QED) is 0.356. The summed E-state index contributed by atoms with van der Waals surface area (Å²) in [7, 11) is 0. The standard InChI is InChI=1S/C18H26/c1-5-7-8-9-11-15-18(4)16-13-10-12-14-17(3)6-2/h5,7,16-17H,6,8,10,13,15H2,1-4H3. The van der Waals surface area contributed by atoms with Crippen molar-refractivity contribution in [2.24, 2.45) is 5.92 Å². The Morgan fingerprint density at radius 1 is 1.22 bits per heavy atom. The van der Waals surface area contributed by atoms with E-state index in [1.165, 1.54) is 5.57 Å². The van der Waals surface area contributed by atoms with Gasteiger partial charge in [0.25, 0.3) is 0 Å². The third-order valence-electron chi connectivity index (χ3n) is 2.67. The Bertz CT molecular complexity index is 374. The van der Waals surface area contributed by atoms with Crippen LogP contribution in [0.15, 0.2) is 23.8 Å². The molecule has 0 aromatic carbocycles. The van der Waals surface area contributed by atoms with Gasteiger partial charge in [-0.3, -0.25) is 0 Å². The highest BCUT2D eigenvalue weighted by Crippen LogP contribution is 2.03. The first kappa shape index (κ1) is 16.6. The Balaban J connectivity index is 3.82. The molecule has 0 saturated heterocycles. The maximum Gasteiger partial charge on any atom is 0.0296 e. The molecular weight excluding hydrogens is 216 g/mol. The van der Waals surface area contributed by atoms with E-state index in [0.29, 0.717) is 5.92 Å². The van der Waals surface area contributed by atoms with E-state index < -0.39 is 0 Å². The zero-order chi connectivity index (χ0) is 13.6. The summed E-state index contributed by atoms with van der Waals surface area (Å²) in [5.41, 5.74) is 1.35. The van der Waals surface area contributed by atoms with Crippen LogP contribution in [0.4, 0.5) is 0 Å². The zero-order valence-corrected chi connectivity index (χ0v) is 12.3. The molecule has 0 bridgehead atoms. The van der Waals surface area contributed by atoms with Crippen molar-refractivity contribution in [3.05, 3.63) is 23.8 Å². The molecule has 0 nitrogen and oxygen atoms in total. The normalized spacial score (nSPS) is 12.6. The third kappa shape index (κ3) is 11.1. The molecular formula is C18H26. The molecule has 0 N–H and O–H groups in total. The molecule has 0 aromatic heterocycles. The molecule has 98 valence electrons. The van der Waals surface area contributed by atoms with Gasteiger partial charge < -0.3 is 0 Å². The summed E-state index contributed by atoms with van der Waals surface area (Å²) in [6.45, 7) is 8.52. The molecule has 1 unspecified atom stereocenters. The molecule has 0 saturated carbocycles. The van der Waals surface area contributed by atoms with E-state index in [4.69, 9.17) is 0 Å². The van der Waals surface area contributed by atoms with Crippen LogP contribution in [0.3, 0.4) is 0 Å². The van der Waals surface area contributed by atoms with Crippen molar-refractivity contribution in [1.29, 1.82) is 0 Å². The summed E-state index contributed by atoms with van der Waals surface area (Å²) in [4.78, 5) is 0. The highest BCUT2D eigenvalue weighted by atomic mass is 13.9. The van der Waals surface area contributed by atoms with Crippen molar-refractivity contribution in [3.63, 3.8) is 0 Å². The van der Waals surface area contributed by atoms with Crippen LogP contribution in [0.5, 0.6) is 0 Å². The highest BCUT2D eigenvalue weighted by molar-refractivity contribution is 5.14. The van der Waals surface area contributed by atoms with Crippen molar-refractivity contribution < 1.29 is 0 Å². The summed E-state index contributed by atoms with van der Waals surface area (Å²) in [5, 5.41) is 0. The fraction of sp³-hybridized carbons (Fsp3) is 0.556. The number of rotatable bonds is 5. The van der Waals surface area contributed by atoms with Gasteiger partial charge in [-0.25, -0.2) is 0 Å². The van der Waals surface area contributed by atoms with E-state index in [9.17, 15) is 0 Å². The van der Waals surface area contributed by atoms with Crippen LogP contribution in [0.2, 0.25) is 0 Å². The van der Waals surface area contributed by atoms with Gasteiger partial charge in [-0.05, 0) is 26.7 Å². The minimum absolute atomic E-state index is 0.535. The number of unbranched alkanes of at least 4 members (excludes halogenated alkanes) is 1. The summed E-state index contributed by atoms with van der Waals surface area (Å²) < 4.78 is 0. The number of allylic oxidation sites excluding steroid dienone is 4. The molecule has 0 aliphatic heterocycles. The van der Waals surface area contributed by atoms with Gasteiger partial charge >= 0.3 is 0 Å². The van der Waals surface area contributed by atoms with Crippen molar-refractivity contribution in [2.45, 2.75) is 59.8 Å². The van der Waals surface area contributed by atoms with Crippen LogP contribution in [0.25, 0.3) is 0 Å². The van der Waals surface area contributed by atoms with Crippen LogP contribution in [-0.2, 0) is 0 Å². The minimum atomic E-state index is 0.535. The van der Waals surface area contributed by atoms with Gasteiger partial charge in [-0.15, -0.1) is 11.8 Å². The van der Waals surface area contributed by atoms with E-state index >= 15 is 0 Å². The molecule has 0 radical (unpaired) electrons. The molecule has 0 amide bonds. The summed E-state index contributed by atoms with van der Waals surface area (Å²) in [5.74, 6) is 13.3. The van der Waals surface area contributed by atoms with Crippen molar-refractivity contribution in [2.75, 3.05) is 0 Å². The fourth-order valence-corrected chi connectivity index (χ4v) is 1.26. The second kappa shape index (κ2) is 12.1. The van der Waals surface area contributed by atoms with Gasteiger partial charge in [0.1, 0.15) is 0 Å². The van der Waals surface area contributed by atoms with E-state index in [-0.39, 0.29) is 0 Å². The molecule has 0 aliphatic carbocycles. The van der Waals surface area contributed by atoms with Crippen molar-refractivity contribution in [1.82, 2.24) is 0 Å². The van der Waals surface area contributed by atoms with Crippen LogP contribution >= 0.6 is 0 Å². The molecule has 18 heavy (non-hydrogen) atoms. The van der Waals surface area contributed by atoms with Crippen LogP contribution in [0, 0.1) is 29.6 Å². The van der Waals surface area contributed by atoms with Crippen LogP contribution in [0.1, 0.15) is 59.8 Å². The van der Waals surface area contributed by atoms with Gasteiger partial charge in [-0.1, -0.05) is 49.5 Å². The predicted molar refractivity (Wildman–Crippen MR) is 82.0 cm³/mol. The Hall–Kier alpha value is -1.40. The molecule has 0 aromatic rings. The van der Waals surface area contributed by atoms with Crippen LogP contribution < -0.4 is 0 Å². The van der Waals surface area contributed by atoms with Gasteiger partial charge in [0, 0.05) is 25.2 Å². The number of hydrogen-bond donors (Lipinski definition) is 0. The third-order valence-corrected chi connectivity index (χ3v) is 2.67. The van der Waals surface area contributed by atoms with Gasteiger partial charge in [0.15, 0.2) is 0 Å². The Labute approximate surface area is 114 Å². The van der Waals surface area contributed by atoms with Gasteiger partial charge in [0.2, 0.25) is 0 Å². The molecule has 1 atom stereocenters. The first-order valence-corrected chi connectivity index (χ1v) is 6.91. The topological polar surface area (TPSA) is 0 Å². The molecule has 0 fully saturated rings. The van der Waals surface area contributed by atoms with E-state index in [1.807, 2.05) is 13.0 Å². The van der Waals surface area contributed by atoms with Gasteiger partial charge in [-0.2, -0.15) is 0 Å². The lowest BCUT2D eigenvalue weighted by Crippen LogP contribution is -1.84. The zero-order valence-electron chi connectivity index (χ0n) is 12.3. The lowest BCUT2D eigenvalue weighted by Gasteiger charge is -1.95. The summed E-state index contributed by atoms with van der Waals surface area (Å²) >= 11 is 0. The first-order chi connectivity index (χ1) is 8.70. The number of hydrogen-bond acceptors (Lipinski definition) is 0. The van der Waals surface area contributed by atoms with Crippen LogP contribution in [-0.4, -0.2) is 0 Å². The molecule has 0 heteroatoms. The first-order valence-electron chi connectivity index (χ1n) is 6.91. The minimum Gasteiger partial charge on any atom is -0.103 e. The fourth-order valence-electron chi connectivity index (χ4n) is 1.26. The average molecular weight is 242 g/mol. The maximum atomic E-state index is 3.26. The monoisotopic (exact) mass is 242 g/mol. The molecule has 0 aliphatic rings. The Morgan fingerprint density at radius 2 is 2.00 bits per heavy atom. The largest absolute Gasteiger partial charge is 0.103 e.